The van der Waals surface area contributed by atoms with Crippen LogP contribution in [0.4, 0.5) is 0 Å². The zero-order valence-corrected chi connectivity index (χ0v) is 19.5. The molecule has 4 rings (SSSR count). The van der Waals surface area contributed by atoms with Crippen LogP contribution in [0.25, 0.3) is 0 Å². The van der Waals surface area contributed by atoms with E-state index < -0.39 is 0 Å². The van der Waals surface area contributed by atoms with Crippen LogP contribution in [0.1, 0.15) is 31.8 Å². The third-order valence-corrected chi connectivity index (χ3v) is 11.8. The van der Waals surface area contributed by atoms with Crippen molar-refractivity contribution < 1.29 is 9.59 Å². The number of benzene rings is 4. The maximum absolute atomic E-state index is 12.5. The van der Waals surface area contributed by atoms with Crippen LogP contribution in [-0.4, -0.2) is 37.8 Å². The van der Waals surface area contributed by atoms with Crippen LogP contribution in [0, 0.1) is 0 Å². The van der Waals surface area contributed by atoms with Gasteiger partial charge in [0.25, 0.3) is 0 Å². The van der Waals surface area contributed by atoms with Gasteiger partial charge in [-0.05, 0) is 0 Å². The number of ketones is 2. The number of carbonyl (C=O) groups excluding carboxylic acids is 2. The Kier molecular flexibility index (Phi) is 6.73. The van der Waals surface area contributed by atoms with Gasteiger partial charge in [-0.25, -0.2) is 0 Å². The van der Waals surface area contributed by atoms with E-state index in [9.17, 15) is 9.59 Å². The monoisotopic (exact) mass is 522 g/mol. The van der Waals surface area contributed by atoms with E-state index in [4.69, 9.17) is 0 Å². The van der Waals surface area contributed by atoms with Crippen molar-refractivity contribution in [3.63, 3.8) is 0 Å². The van der Waals surface area contributed by atoms with Crippen molar-refractivity contribution in [1.82, 2.24) is 0 Å². The molecule has 4 aromatic rings. The molecule has 30 heavy (non-hydrogen) atoms. The maximum atomic E-state index is 12.5. The molecule has 0 N–H and O–H groups in total. The second-order valence-electron chi connectivity index (χ2n) is 6.61. The average molecular weight is 520 g/mol. The summed E-state index contributed by atoms with van der Waals surface area (Å²) in [7, 11) is 0. The molecule has 0 aliphatic rings. The molecule has 0 spiro atoms. The van der Waals surface area contributed by atoms with Gasteiger partial charge in [0.15, 0.2) is 0 Å². The number of hydrogen-bond donors (Lipinski definition) is 0. The van der Waals surface area contributed by atoms with Crippen molar-refractivity contribution in [2.45, 2.75) is 0 Å². The summed E-state index contributed by atoms with van der Waals surface area (Å²) in [6.45, 7) is 0. The zero-order chi connectivity index (χ0) is 20.8. The van der Waals surface area contributed by atoms with Gasteiger partial charge in [0.1, 0.15) is 0 Å². The number of carbonyl (C=O) groups is 2. The molecular weight excluding hydrogens is 502 g/mol. The molecule has 0 saturated heterocycles. The second kappa shape index (κ2) is 9.84. The van der Waals surface area contributed by atoms with Gasteiger partial charge < -0.3 is 0 Å². The molecule has 0 bridgehead atoms. The molecule has 0 amide bonds. The Hall–Kier alpha value is -2.74. The fraction of sp³-hybridized carbons (Fsp3) is 0. The van der Waals surface area contributed by atoms with Crippen molar-refractivity contribution in [2.75, 3.05) is 0 Å². The number of rotatable bonds is 7. The molecule has 4 aromatic carbocycles. The van der Waals surface area contributed by atoms with Gasteiger partial charge >= 0.3 is 188 Å². The van der Waals surface area contributed by atoms with Crippen molar-refractivity contribution in [3.8, 4) is 0 Å². The molecule has 0 aliphatic carbocycles. The molecule has 0 saturated carbocycles. The Morgan fingerprint density at radius 1 is 0.400 bits per heavy atom. The summed E-state index contributed by atoms with van der Waals surface area (Å²) in [5, 5.41) is 0. The first-order valence-corrected chi connectivity index (χ1v) is 15.5. The Bertz CT molecular complexity index is 1040. The van der Waals surface area contributed by atoms with Gasteiger partial charge in [-0.3, -0.25) is 0 Å². The molecule has 0 radical (unpaired) electrons. The van der Waals surface area contributed by atoms with Crippen molar-refractivity contribution in [3.05, 3.63) is 131 Å². The van der Waals surface area contributed by atoms with E-state index in [1.807, 2.05) is 84.9 Å². The summed E-state index contributed by atoms with van der Waals surface area (Å²) in [4.78, 5) is 25.0. The quantitative estimate of drug-likeness (QED) is 0.277. The molecule has 0 fully saturated rings. The zero-order valence-electron chi connectivity index (χ0n) is 16.0. The molecule has 0 atom stereocenters. The van der Waals surface area contributed by atoms with Crippen LogP contribution in [0.5, 0.6) is 0 Å². The number of hydrogen-bond acceptors (Lipinski definition) is 2. The third-order valence-electron chi connectivity index (χ3n) is 4.54. The van der Waals surface area contributed by atoms with Gasteiger partial charge in [0.05, 0.1) is 0 Å². The van der Waals surface area contributed by atoms with E-state index in [1.54, 1.807) is 0 Å². The molecule has 0 aliphatic heterocycles. The predicted molar refractivity (Wildman–Crippen MR) is 123 cm³/mol. The first-order valence-electron chi connectivity index (χ1n) is 9.45. The van der Waals surface area contributed by atoms with Gasteiger partial charge in [0, 0.05) is 0 Å². The van der Waals surface area contributed by atoms with Crippen LogP contribution in [0.3, 0.4) is 0 Å². The Balaban J connectivity index is 1.37. The molecule has 146 valence electrons. The van der Waals surface area contributed by atoms with E-state index in [-0.39, 0.29) is 11.6 Å². The molecule has 4 heteroatoms. The van der Waals surface area contributed by atoms with Crippen LogP contribution >= 0.6 is 0 Å². The fourth-order valence-electron chi connectivity index (χ4n) is 2.93. The Labute approximate surface area is 187 Å². The first-order chi connectivity index (χ1) is 14.7. The SMILES string of the molecule is O=C(c1ccccc1)c1ccc([Se][Se]c2ccc(C(=O)c3ccccc3)cc2)cc1. The summed E-state index contributed by atoms with van der Waals surface area (Å²) in [6, 6.07) is 34.6. The fourth-order valence-corrected chi connectivity index (χ4v) is 8.89. The summed E-state index contributed by atoms with van der Waals surface area (Å²) in [5.41, 5.74) is 2.87. The molecule has 0 heterocycles. The standard InChI is InChI=1S/C26H18O2Se2/c27-25(19-7-3-1-4-8-19)21-11-15-23(16-12-21)29-30-24-17-13-22(14-18-24)26(28)20-9-5-2-6-10-20/h1-18H. The van der Waals surface area contributed by atoms with E-state index in [1.165, 1.54) is 8.92 Å². The summed E-state index contributed by atoms with van der Waals surface area (Å²) in [6.07, 6.45) is 0. The Morgan fingerprint density at radius 2 is 0.700 bits per heavy atom. The van der Waals surface area contributed by atoms with E-state index in [2.05, 4.69) is 24.3 Å². The minimum atomic E-state index is 0.0545. The van der Waals surface area contributed by atoms with Crippen LogP contribution < -0.4 is 8.92 Å². The minimum absolute atomic E-state index is 0.0545. The molecular formula is C26H18O2Se2. The van der Waals surface area contributed by atoms with Crippen molar-refractivity contribution >= 4 is 46.8 Å². The average Bonchev–Trinajstić information content (AvgIpc) is 2.83. The third kappa shape index (κ3) is 5.05. The van der Waals surface area contributed by atoms with Crippen LogP contribution in [0.15, 0.2) is 109 Å². The summed E-state index contributed by atoms with van der Waals surface area (Å²) in [5.74, 6) is 0.109. The van der Waals surface area contributed by atoms with Crippen LogP contribution in [-0.2, 0) is 0 Å². The van der Waals surface area contributed by atoms with Gasteiger partial charge in [0.2, 0.25) is 0 Å². The Morgan fingerprint density at radius 3 is 1.03 bits per heavy atom. The molecule has 0 unspecified atom stereocenters. The van der Waals surface area contributed by atoms with Gasteiger partial charge in [-0.1, -0.05) is 0 Å². The topological polar surface area (TPSA) is 34.1 Å². The van der Waals surface area contributed by atoms with Crippen molar-refractivity contribution in [1.29, 1.82) is 0 Å². The summed E-state index contributed by atoms with van der Waals surface area (Å²) >= 11 is 0.651. The van der Waals surface area contributed by atoms with E-state index in [0.29, 0.717) is 37.4 Å². The summed E-state index contributed by atoms with van der Waals surface area (Å²) < 4.78 is 2.55. The molecule has 2 nitrogen and oxygen atoms in total. The van der Waals surface area contributed by atoms with E-state index in [0.717, 1.165) is 11.1 Å². The molecule has 0 aromatic heterocycles. The predicted octanol–water partition coefficient (Wildman–Crippen LogP) is 3.42. The van der Waals surface area contributed by atoms with Gasteiger partial charge in [-0.15, -0.1) is 0 Å². The first kappa shape index (κ1) is 20.5. The van der Waals surface area contributed by atoms with E-state index >= 15 is 0 Å². The van der Waals surface area contributed by atoms with Gasteiger partial charge in [-0.2, -0.15) is 0 Å². The second-order valence-corrected chi connectivity index (χ2v) is 12.9. The van der Waals surface area contributed by atoms with Crippen LogP contribution in [0.2, 0.25) is 0 Å². The van der Waals surface area contributed by atoms with Crippen molar-refractivity contribution in [2.24, 2.45) is 0 Å². The normalized spacial score (nSPS) is 10.5.